The molecule has 1 aromatic heterocycles. The largest absolute Gasteiger partial charge is 0.377 e. The minimum Gasteiger partial charge on any atom is -0.377 e. The lowest BCUT2D eigenvalue weighted by molar-refractivity contribution is 0.134. The van der Waals surface area contributed by atoms with Crippen molar-refractivity contribution in [3.8, 4) is 0 Å². The number of ether oxygens (including phenoxy) is 1. The second-order valence-electron chi connectivity index (χ2n) is 4.06. The van der Waals surface area contributed by atoms with Crippen LogP contribution >= 0.6 is 0 Å². The molecule has 16 heavy (non-hydrogen) atoms. The number of sulfone groups is 1. The van der Waals surface area contributed by atoms with Gasteiger partial charge in [0, 0.05) is 6.20 Å². The highest BCUT2D eigenvalue weighted by atomic mass is 32.2. The molecule has 0 unspecified atom stereocenters. The van der Waals surface area contributed by atoms with Crippen LogP contribution in [0.2, 0.25) is 0 Å². The van der Waals surface area contributed by atoms with Crippen molar-refractivity contribution < 1.29 is 13.2 Å². The monoisotopic (exact) mass is 241 g/mol. The van der Waals surface area contributed by atoms with Crippen LogP contribution in [0, 0.1) is 6.92 Å². The molecule has 0 aromatic carbocycles. The zero-order valence-corrected chi connectivity index (χ0v) is 10.0. The number of rotatable bonds is 5. The molecule has 0 aliphatic heterocycles. The van der Waals surface area contributed by atoms with Gasteiger partial charge in [-0.25, -0.2) is 13.4 Å². The summed E-state index contributed by atoms with van der Waals surface area (Å²) in [6.07, 6.45) is 3.93. The zero-order valence-electron chi connectivity index (χ0n) is 9.22. The fraction of sp³-hybridized carbons (Fsp3) is 0.545. The summed E-state index contributed by atoms with van der Waals surface area (Å²) >= 11 is 0. The zero-order chi connectivity index (χ0) is 11.6. The third kappa shape index (κ3) is 3.02. The molecule has 1 aliphatic rings. The molecule has 4 nitrogen and oxygen atoms in total. The van der Waals surface area contributed by atoms with Crippen LogP contribution in [-0.2, 0) is 14.6 Å². The number of hydrogen-bond acceptors (Lipinski definition) is 4. The molecule has 88 valence electrons. The summed E-state index contributed by atoms with van der Waals surface area (Å²) in [6.45, 7) is 2.12. The first-order valence-electron chi connectivity index (χ1n) is 5.35. The molecule has 1 aliphatic carbocycles. The van der Waals surface area contributed by atoms with Crippen LogP contribution in [0.5, 0.6) is 0 Å². The van der Waals surface area contributed by atoms with Gasteiger partial charge in [-0.1, -0.05) is 0 Å². The molecular formula is C11H15NO3S. The maximum atomic E-state index is 11.8. The third-order valence-electron chi connectivity index (χ3n) is 2.44. The van der Waals surface area contributed by atoms with Gasteiger partial charge in [0.25, 0.3) is 0 Å². The van der Waals surface area contributed by atoms with Gasteiger partial charge in [0.1, 0.15) is 0 Å². The van der Waals surface area contributed by atoms with Gasteiger partial charge in [-0.15, -0.1) is 0 Å². The molecule has 0 radical (unpaired) electrons. The van der Waals surface area contributed by atoms with Crippen LogP contribution in [0.3, 0.4) is 0 Å². The summed E-state index contributed by atoms with van der Waals surface area (Å²) in [5.74, 6) is 0.0138. The molecule has 1 saturated carbocycles. The van der Waals surface area contributed by atoms with E-state index in [1.54, 1.807) is 12.1 Å². The van der Waals surface area contributed by atoms with E-state index >= 15 is 0 Å². The molecule has 0 bridgehead atoms. The van der Waals surface area contributed by atoms with Crippen molar-refractivity contribution in [1.82, 2.24) is 4.98 Å². The van der Waals surface area contributed by atoms with Gasteiger partial charge in [-0.05, 0) is 37.5 Å². The Morgan fingerprint density at radius 2 is 2.25 bits per heavy atom. The van der Waals surface area contributed by atoms with E-state index in [9.17, 15) is 8.42 Å². The Bertz CT molecular complexity index is 466. The Kier molecular flexibility index (Phi) is 3.25. The number of hydrogen-bond donors (Lipinski definition) is 0. The first-order valence-corrected chi connectivity index (χ1v) is 7.00. The van der Waals surface area contributed by atoms with Crippen molar-refractivity contribution in [2.24, 2.45) is 0 Å². The second-order valence-corrected chi connectivity index (χ2v) is 6.12. The van der Waals surface area contributed by atoms with Crippen LogP contribution in [0.15, 0.2) is 23.4 Å². The molecule has 0 spiro atoms. The quantitative estimate of drug-likeness (QED) is 0.780. The fourth-order valence-corrected chi connectivity index (χ4v) is 2.45. The minimum atomic E-state index is -3.29. The molecule has 5 heteroatoms. The Labute approximate surface area is 95.6 Å². The lowest BCUT2D eigenvalue weighted by Crippen LogP contribution is -2.14. The van der Waals surface area contributed by atoms with Crippen LogP contribution in [0.4, 0.5) is 0 Å². The summed E-state index contributed by atoms with van der Waals surface area (Å²) in [6, 6.07) is 3.37. The predicted octanol–water partition coefficient (Wildman–Crippen LogP) is 1.34. The van der Waals surface area contributed by atoms with E-state index in [0.717, 1.165) is 18.4 Å². The van der Waals surface area contributed by atoms with Crippen molar-refractivity contribution in [2.75, 3.05) is 12.4 Å². The van der Waals surface area contributed by atoms with E-state index in [1.807, 2.05) is 6.92 Å². The summed E-state index contributed by atoms with van der Waals surface area (Å²) in [5, 5.41) is 0.145. The van der Waals surface area contributed by atoms with Crippen LogP contribution < -0.4 is 0 Å². The molecule has 1 heterocycles. The maximum absolute atomic E-state index is 11.8. The molecule has 0 atom stereocenters. The predicted molar refractivity (Wildman–Crippen MR) is 60.0 cm³/mol. The standard InChI is InChI=1S/C11H15NO3S/c1-9-4-5-12-11(8-9)16(13,14)7-6-15-10-2-3-10/h4-5,8,10H,2-3,6-7H2,1H3. The molecule has 1 aromatic rings. The summed E-state index contributed by atoms with van der Waals surface area (Å²) in [7, 11) is -3.29. The molecule has 0 N–H and O–H groups in total. The maximum Gasteiger partial charge on any atom is 0.197 e. The van der Waals surface area contributed by atoms with Crippen LogP contribution in [0.1, 0.15) is 18.4 Å². The normalized spacial score (nSPS) is 16.3. The van der Waals surface area contributed by atoms with E-state index in [2.05, 4.69) is 4.98 Å². The van der Waals surface area contributed by atoms with Gasteiger partial charge >= 0.3 is 0 Å². The number of pyridine rings is 1. The van der Waals surface area contributed by atoms with E-state index in [0.29, 0.717) is 6.10 Å². The van der Waals surface area contributed by atoms with Crippen molar-refractivity contribution in [3.05, 3.63) is 23.9 Å². The van der Waals surface area contributed by atoms with Crippen LogP contribution in [0.25, 0.3) is 0 Å². The Morgan fingerprint density at radius 3 is 2.88 bits per heavy atom. The molecule has 0 saturated heterocycles. The molecular weight excluding hydrogens is 226 g/mol. The van der Waals surface area contributed by atoms with E-state index < -0.39 is 9.84 Å². The van der Waals surface area contributed by atoms with Crippen molar-refractivity contribution >= 4 is 9.84 Å². The highest BCUT2D eigenvalue weighted by Gasteiger charge is 2.23. The second kappa shape index (κ2) is 4.51. The Hall–Kier alpha value is -0.940. The first kappa shape index (κ1) is 11.5. The average molecular weight is 241 g/mol. The Morgan fingerprint density at radius 1 is 1.50 bits per heavy atom. The smallest absolute Gasteiger partial charge is 0.197 e. The van der Waals surface area contributed by atoms with Gasteiger partial charge in [0.2, 0.25) is 0 Å². The van der Waals surface area contributed by atoms with E-state index in [1.165, 1.54) is 6.20 Å². The van der Waals surface area contributed by atoms with Crippen molar-refractivity contribution in [1.29, 1.82) is 0 Å². The molecule has 0 amide bonds. The average Bonchev–Trinajstić information content (AvgIpc) is 3.01. The van der Waals surface area contributed by atoms with Gasteiger partial charge in [-0.2, -0.15) is 0 Å². The Balaban J connectivity index is 1.99. The van der Waals surface area contributed by atoms with Crippen molar-refractivity contribution in [2.45, 2.75) is 30.9 Å². The van der Waals surface area contributed by atoms with Gasteiger partial charge in [0.15, 0.2) is 14.9 Å². The highest BCUT2D eigenvalue weighted by molar-refractivity contribution is 7.91. The molecule has 2 rings (SSSR count). The van der Waals surface area contributed by atoms with Crippen molar-refractivity contribution in [3.63, 3.8) is 0 Å². The minimum absolute atomic E-state index is 0.0138. The highest BCUT2D eigenvalue weighted by Crippen LogP contribution is 2.23. The first-order chi connectivity index (χ1) is 7.58. The molecule has 1 fully saturated rings. The lowest BCUT2D eigenvalue weighted by Gasteiger charge is -2.04. The summed E-state index contributed by atoms with van der Waals surface area (Å²) in [4.78, 5) is 3.88. The third-order valence-corrected chi connectivity index (χ3v) is 4.00. The fourth-order valence-electron chi connectivity index (χ4n) is 1.34. The SMILES string of the molecule is Cc1ccnc(S(=O)(=O)CCOC2CC2)c1. The number of aryl methyl sites for hydroxylation is 1. The summed E-state index contributed by atoms with van der Waals surface area (Å²) in [5.41, 5.74) is 0.900. The number of nitrogens with zero attached hydrogens (tertiary/aromatic N) is 1. The number of aromatic nitrogens is 1. The van der Waals surface area contributed by atoms with Gasteiger partial charge < -0.3 is 4.74 Å². The van der Waals surface area contributed by atoms with Gasteiger partial charge in [-0.3, -0.25) is 0 Å². The van der Waals surface area contributed by atoms with Gasteiger partial charge in [0.05, 0.1) is 18.5 Å². The topological polar surface area (TPSA) is 56.3 Å². The summed E-state index contributed by atoms with van der Waals surface area (Å²) < 4.78 is 29.0. The van der Waals surface area contributed by atoms with E-state index in [4.69, 9.17) is 4.74 Å². The lowest BCUT2D eigenvalue weighted by atomic mass is 10.3. The van der Waals surface area contributed by atoms with Crippen LogP contribution in [-0.4, -0.2) is 31.9 Å². The van der Waals surface area contributed by atoms with E-state index in [-0.39, 0.29) is 17.4 Å².